The number of hydrogen-bond acceptors (Lipinski definition) is 5. The molecule has 1 N–H and O–H groups in total. The molecule has 1 aliphatic rings. The van der Waals surface area contributed by atoms with Gasteiger partial charge in [-0.1, -0.05) is 0 Å². The van der Waals surface area contributed by atoms with Crippen molar-refractivity contribution in [2.24, 2.45) is 0 Å². The molecule has 4 rings (SSSR count). The fourth-order valence-corrected chi connectivity index (χ4v) is 3.67. The van der Waals surface area contributed by atoms with Gasteiger partial charge in [0.2, 0.25) is 0 Å². The second kappa shape index (κ2) is 8.10. The summed E-state index contributed by atoms with van der Waals surface area (Å²) in [4.78, 5) is 48.3. The topological polar surface area (TPSA) is 97.2 Å². The molecule has 2 amide bonds. The number of halogens is 1. The zero-order valence-corrected chi connectivity index (χ0v) is 17.1. The Morgan fingerprint density at radius 2 is 1.81 bits per heavy atom. The quantitative estimate of drug-likeness (QED) is 0.693. The summed E-state index contributed by atoms with van der Waals surface area (Å²) < 4.78 is 14.7. The number of carbonyl (C=O) groups excluding carboxylic acids is 2. The number of benzene rings is 1. The van der Waals surface area contributed by atoms with Crippen LogP contribution in [0.5, 0.6) is 0 Å². The van der Waals surface area contributed by atoms with E-state index in [1.54, 1.807) is 18.0 Å². The van der Waals surface area contributed by atoms with Gasteiger partial charge in [-0.25, -0.2) is 14.4 Å². The molecule has 0 fully saturated rings. The third kappa shape index (κ3) is 3.81. The molecule has 0 unspecified atom stereocenters. The minimum atomic E-state index is -0.496. The van der Waals surface area contributed by atoms with Gasteiger partial charge < -0.3 is 10.2 Å². The monoisotopic (exact) mass is 421 g/mol. The average molecular weight is 421 g/mol. The van der Waals surface area contributed by atoms with Crippen molar-refractivity contribution in [3.8, 4) is 5.69 Å². The van der Waals surface area contributed by atoms with Crippen LogP contribution < -0.4 is 10.9 Å². The number of amides is 2. The number of hydrogen-bond donors (Lipinski definition) is 1. The molecule has 158 valence electrons. The lowest BCUT2D eigenvalue weighted by Crippen LogP contribution is -2.40. The van der Waals surface area contributed by atoms with Gasteiger partial charge >= 0.3 is 0 Å². The lowest BCUT2D eigenvalue weighted by atomic mass is 9.95. The highest BCUT2D eigenvalue weighted by Crippen LogP contribution is 2.23. The SMILES string of the molecule is CNC(=O)c1c2c(cn(-c3ccc(F)cc3)c1=O)CN(C(=O)c1cnc(C)nc1)CC2. The molecule has 3 aromatic rings. The number of carbonyl (C=O) groups is 2. The first-order chi connectivity index (χ1) is 14.9. The lowest BCUT2D eigenvalue weighted by molar-refractivity contribution is 0.0733. The van der Waals surface area contributed by atoms with Crippen molar-refractivity contribution in [3.05, 3.63) is 87.1 Å². The first-order valence-corrected chi connectivity index (χ1v) is 9.72. The van der Waals surface area contributed by atoms with E-state index in [-0.39, 0.29) is 18.0 Å². The number of rotatable bonds is 3. The molecule has 2 aromatic heterocycles. The molecular weight excluding hydrogens is 401 g/mol. The van der Waals surface area contributed by atoms with Crippen LogP contribution in [-0.2, 0) is 13.0 Å². The van der Waals surface area contributed by atoms with Crippen LogP contribution in [0.4, 0.5) is 4.39 Å². The fraction of sp³-hybridized carbons (Fsp3) is 0.227. The number of aryl methyl sites for hydroxylation is 1. The van der Waals surface area contributed by atoms with Crippen LogP contribution in [0.15, 0.2) is 47.7 Å². The lowest BCUT2D eigenvalue weighted by Gasteiger charge is -2.30. The van der Waals surface area contributed by atoms with Crippen molar-refractivity contribution >= 4 is 11.8 Å². The van der Waals surface area contributed by atoms with Crippen LogP contribution in [0.2, 0.25) is 0 Å². The Morgan fingerprint density at radius 1 is 1.13 bits per heavy atom. The molecular formula is C22H20FN5O3. The first kappa shape index (κ1) is 20.4. The summed E-state index contributed by atoms with van der Waals surface area (Å²) in [5.74, 6) is -0.589. The molecule has 0 radical (unpaired) electrons. The van der Waals surface area contributed by atoms with Gasteiger partial charge in [0.15, 0.2) is 0 Å². The Kier molecular flexibility index (Phi) is 5.33. The van der Waals surface area contributed by atoms with Gasteiger partial charge in [0.25, 0.3) is 17.4 Å². The van der Waals surface area contributed by atoms with E-state index in [4.69, 9.17) is 0 Å². The Bertz CT molecular complexity index is 1220. The first-order valence-electron chi connectivity index (χ1n) is 9.72. The summed E-state index contributed by atoms with van der Waals surface area (Å²) in [5.41, 5.74) is 1.63. The van der Waals surface area contributed by atoms with Crippen LogP contribution in [0.25, 0.3) is 5.69 Å². The largest absolute Gasteiger partial charge is 0.355 e. The summed E-state index contributed by atoms with van der Waals surface area (Å²) in [5, 5.41) is 2.52. The molecule has 0 aliphatic carbocycles. The van der Waals surface area contributed by atoms with Gasteiger partial charge in [-0.2, -0.15) is 0 Å². The normalized spacial score (nSPS) is 12.9. The van der Waals surface area contributed by atoms with Crippen molar-refractivity contribution < 1.29 is 14.0 Å². The third-order valence-electron chi connectivity index (χ3n) is 5.27. The Labute approximate surface area is 177 Å². The van der Waals surface area contributed by atoms with E-state index in [0.29, 0.717) is 41.2 Å². The fourth-order valence-electron chi connectivity index (χ4n) is 3.67. The molecule has 0 saturated heterocycles. The van der Waals surface area contributed by atoms with Crippen molar-refractivity contribution in [1.82, 2.24) is 24.8 Å². The highest BCUT2D eigenvalue weighted by atomic mass is 19.1. The van der Waals surface area contributed by atoms with Crippen molar-refractivity contribution in [2.75, 3.05) is 13.6 Å². The second-order valence-electron chi connectivity index (χ2n) is 7.23. The molecule has 31 heavy (non-hydrogen) atoms. The molecule has 0 saturated carbocycles. The van der Waals surface area contributed by atoms with Crippen LogP contribution in [0, 0.1) is 12.7 Å². The smallest absolute Gasteiger partial charge is 0.268 e. The van der Waals surface area contributed by atoms with E-state index in [0.717, 1.165) is 0 Å². The molecule has 3 heterocycles. The highest BCUT2D eigenvalue weighted by molar-refractivity contribution is 5.96. The number of nitrogens with one attached hydrogen (secondary N) is 1. The van der Waals surface area contributed by atoms with Gasteiger partial charge in [0, 0.05) is 44.4 Å². The number of aromatic nitrogens is 3. The number of fused-ring (bicyclic) bond motifs is 1. The van der Waals surface area contributed by atoms with E-state index < -0.39 is 17.3 Å². The molecule has 0 bridgehead atoms. The van der Waals surface area contributed by atoms with E-state index >= 15 is 0 Å². The maximum absolute atomic E-state index is 13.4. The van der Waals surface area contributed by atoms with Crippen LogP contribution >= 0.6 is 0 Å². The Balaban J connectivity index is 1.78. The summed E-state index contributed by atoms with van der Waals surface area (Å²) in [6.07, 6.45) is 4.93. The number of nitrogens with zero attached hydrogens (tertiary/aromatic N) is 4. The second-order valence-corrected chi connectivity index (χ2v) is 7.23. The van der Waals surface area contributed by atoms with Gasteiger partial charge in [0.05, 0.1) is 5.56 Å². The molecule has 1 aromatic carbocycles. The highest BCUT2D eigenvalue weighted by Gasteiger charge is 2.28. The average Bonchev–Trinajstić information content (AvgIpc) is 2.78. The molecule has 1 aliphatic heterocycles. The minimum absolute atomic E-state index is 0.0371. The summed E-state index contributed by atoms with van der Waals surface area (Å²) >= 11 is 0. The summed E-state index contributed by atoms with van der Waals surface area (Å²) in [6.45, 7) is 2.30. The molecule has 8 nitrogen and oxygen atoms in total. The Morgan fingerprint density at radius 3 is 2.45 bits per heavy atom. The van der Waals surface area contributed by atoms with E-state index in [1.807, 2.05) is 0 Å². The zero-order chi connectivity index (χ0) is 22.1. The predicted molar refractivity (Wildman–Crippen MR) is 111 cm³/mol. The third-order valence-corrected chi connectivity index (χ3v) is 5.27. The van der Waals surface area contributed by atoms with E-state index in [9.17, 15) is 18.8 Å². The van der Waals surface area contributed by atoms with E-state index in [2.05, 4.69) is 15.3 Å². The maximum Gasteiger partial charge on any atom is 0.268 e. The molecule has 9 heteroatoms. The van der Waals surface area contributed by atoms with Crippen LogP contribution in [-0.4, -0.2) is 44.8 Å². The van der Waals surface area contributed by atoms with Crippen molar-refractivity contribution in [2.45, 2.75) is 19.9 Å². The Hall–Kier alpha value is -3.88. The van der Waals surface area contributed by atoms with Crippen LogP contribution in [0.3, 0.4) is 0 Å². The maximum atomic E-state index is 13.4. The summed E-state index contributed by atoms with van der Waals surface area (Å²) in [7, 11) is 1.46. The standard InChI is InChI=1S/C22H20FN5O3/c1-13-25-9-14(10-26-13)21(30)27-8-7-18-15(11-27)12-28(17-5-3-16(23)4-6-17)22(31)19(18)20(29)24-2/h3-6,9-10,12H,7-8,11H2,1-2H3,(H,24,29). The minimum Gasteiger partial charge on any atom is -0.355 e. The van der Waals surface area contributed by atoms with E-state index in [1.165, 1.54) is 48.3 Å². The zero-order valence-electron chi connectivity index (χ0n) is 17.1. The molecule has 0 spiro atoms. The number of pyridine rings is 1. The van der Waals surface area contributed by atoms with Crippen molar-refractivity contribution in [3.63, 3.8) is 0 Å². The van der Waals surface area contributed by atoms with Gasteiger partial charge in [-0.15, -0.1) is 0 Å². The van der Waals surface area contributed by atoms with Gasteiger partial charge in [-0.05, 0) is 48.7 Å². The van der Waals surface area contributed by atoms with Gasteiger partial charge in [-0.3, -0.25) is 19.0 Å². The molecule has 0 atom stereocenters. The summed E-state index contributed by atoms with van der Waals surface area (Å²) in [6, 6.07) is 5.42. The van der Waals surface area contributed by atoms with Gasteiger partial charge in [0.1, 0.15) is 17.2 Å². The van der Waals surface area contributed by atoms with Crippen molar-refractivity contribution in [1.29, 1.82) is 0 Å². The van der Waals surface area contributed by atoms with Crippen LogP contribution in [0.1, 0.15) is 37.7 Å². The predicted octanol–water partition coefficient (Wildman–Crippen LogP) is 1.63.